The standard InChI is InChI=1S/C24H26ClN3O2S/c1-15-12-16(2)22(19(25)13-15)27-21(29)14-31-24-26-20-11-7-6-10-18(20)23(30)28(24)17-8-4-3-5-9-17/h6-7,10-13,17H,3-5,8-9,14H2,1-2H3,(H,27,29). The van der Waals surface area contributed by atoms with Crippen LogP contribution < -0.4 is 10.9 Å². The number of hydrogen-bond acceptors (Lipinski definition) is 4. The highest BCUT2D eigenvalue weighted by atomic mass is 35.5. The lowest BCUT2D eigenvalue weighted by Gasteiger charge is -2.26. The zero-order valence-electron chi connectivity index (χ0n) is 17.8. The molecule has 31 heavy (non-hydrogen) atoms. The Bertz CT molecular complexity index is 1160. The second kappa shape index (κ2) is 9.45. The quantitative estimate of drug-likeness (QED) is 0.384. The van der Waals surface area contributed by atoms with Gasteiger partial charge in [-0.2, -0.15) is 0 Å². The molecule has 1 amide bonds. The third-order valence-electron chi connectivity index (χ3n) is 5.74. The summed E-state index contributed by atoms with van der Waals surface area (Å²) >= 11 is 7.64. The smallest absolute Gasteiger partial charge is 0.262 e. The summed E-state index contributed by atoms with van der Waals surface area (Å²) in [6, 6.07) is 11.4. The second-order valence-corrected chi connectivity index (χ2v) is 9.50. The number of aromatic nitrogens is 2. The average Bonchev–Trinajstić information content (AvgIpc) is 2.75. The summed E-state index contributed by atoms with van der Waals surface area (Å²) in [5.41, 5.74) is 3.25. The van der Waals surface area contributed by atoms with Crippen molar-refractivity contribution < 1.29 is 4.79 Å². The van der Waals surface area contributed by atoms with Crippen LogP contribution in [0, 0.1) is 13.8 Å². The maximum absolute atomic E-state index is 13.3. The van der Waals surface area contributed by atoms with Gasteiger partial charge in [0.2, 0.25) is 5.91 Å². The fourth-order valence-electron chi connectivity index (χ4n) is 4.27. The number of carbonyl (C=O) groups excluding carboxylic acids is 1. The number of halogens is 1. The number of hydrogen-bond donors (Lipinski definition) is 1. The molecule has 1 aromatic heterocycles. The van der Waals surface area contributed by atoms with Gasteiger partial charge in [0.15, 0.2) is 5.16 Å². The van der Waals surface area contributed by atoms with Gasteiger partial charge in [0, 0.05) is 6.04 Å². The topological polar surface area (TPSA) is 64.0 Å². The molecule has 0 unspecified atom stereocenters. The highest BCUT2D eigenvalue weighted by Gasteiger charge is 2.22. The van der Waals surface area contributed by atoms with Crippen LogP contribution in [-0.2, 0) is 4.79 Å². The first kappa shape index (κ1) is 21.9. The van der Waals surface area contributed by atoms with E-state index in [0.29, 0.717) is 26.8 Å². The van der Waals surface area contributed by atoms with Gasteiger partial charge in [-0.05, 0) is 56.0 Å². The van der Waals surface area contributed by atoms with Gasteiger partial charge in [-0.3, -0.25) is 14.2 Å². The van der Waals surface area contributed by atoms with Crippen LogP contribution in [0.1, 0.15) is 49.3 Å². The minimum atomic E-state index is -0.170. The Hall–Kier alpha value is -2.31. The Kier molecular flexibility index (Phi) is 6.68. The Morgan fingerprint density at radius 3 is 2.68 bits per heavy atom. The van der Waals surface area contributed by atoms with E-state index in [1.165, 1.54) is 18.2 Å². The number of para-hydroxylation sites is 1. The number of amides is 1. The molecule has 0 aliphatic heterocycles. The third kappa shape index (κ3) is 4.80. The van der Waals surface area contributed by atoms with Crippen LogP contribution >= 0.6 is 23.4 Å². The van der Waals surface area contributed by atoms with Crippen LogP contribution in [0.3, 0.4) is 0 Å². The van der Waals surface area contributed by atoms with Gasteiger partial charge in [0.1, 0.15) is 0 Å². The number of rotatable bonds is 5. The predicted molar refractivity (Wildman–Crippen MR) is 128 cm³/mol. The number of thioether (sulfide) groups is 1. The van der Waals surface area contributed by atoms with E-state index < -0.39 is 0 Å². The van der Waals surface area contributed by atoms with Gasteiger partial charge in [0.25, 0.3) is 5.56 Å². The molecule has 4 rings (SSSR count). The normalized spacial score (nSPS) is 14.7. The van der Waals surface area contributed by atoms with Gasteiger partial charge in [-0.25, -0.2) is 4.98 Å². The van der Waals surface area contributed by atoms with E-state index in [1.807, 2.05) is 54.8 Å². The van der Waals surface area contributed by atoms with Crippen LogP contribution in [-0.4, -0.2) is 21.2 Å². The SMILES string of the molecule is Cc1cc(C)c(NC(=O)CSc2nc3ccccc3c(=O)n2C2CCCCC2)c(Cl)c1. The number of aryl methyl sites for hydroxylation is 2. The van der Waals surface area contributed by atoms with Gasteiger partial charge in [-0.1, -0.05) is 60.8 Å². The van der Waals surface area contributed by atoms with Crippen LogP contribution in [0.2, 0.25) is 5.02 Å². The summed E-state index contributed by atoms with van der Waals surface area (Å²) in [5.74, 6) is -0.0160. The van der Waals surface area contributed by atoms with Crippen molar-refractivity contribution in [2.24, 2.45) is 0 Å². The van der Waals surface area contributed by atoms with Gasteiger partial charge in [0.05, 0.1) is 27.4 Å². The lowest BCUT2D eigenvalue weighted by Crippen LogP contribution is -2.29. The molecule has 1 saturated carbocycles. The monoisotopic (exact) mass is 455 g/mol. The minimum Gasteiger partial charge on any atom is -0.324 e. The highest BCUT2D eigenvalue weighted by Crippen LogP contribution is 2.32. The maximum atomic E-state index is 13.3. The van der Waals surface area contributed by atoms with E-state index >= 15 is 0 Å². The van der Waals surface area contributed by atoms with E-state index in [-0.39, 0.29) is 23.3 Å². The average molecular weight is 456 g/mol. The molecule has 1 aliphatic carbocycles. The molecule has 3 aromatic rings. The largest absolute Gasteiger partial charge is 0.324 e. The van der Waals surface area contributed by atoms with E-state index in [0.717, 1.165) is 36.8 Å². The summed E-state index contributed by atoms with van der Waals surface area (Å²) in [4.78, 5) is 30.8. The molecule has 1 N–H and O–H groups in total. The summed E-state index contributed by atoms with van der Waals surface area (Å²) in [6.07, 6.45) is 5.36. The van der Waals surface area contributed by atoms with Crippen molar-refractivity contribution in [1.82, 2.24) is 9.55 Å². The fourth-order valence-corrected chi connectivity index (χ4v) is 5.50. The molecule has 162 valence electrons. The van der Waals surface area contributed by atoms with Crippen LogP contribution in [0.4, 0.5) is 5.69 Å². The fraction of sp³-hybridized carbons (Fsp3) is 0.375. The summed E-state index contributed by atoms with van der Waals surface area (Å²) in [6.45, 7) is 3.89. The van der Waals surface area contributed by atoms with Crippen molar-refractivity contribution in [2.75, 3.05) is 11.1 Å². The molecule has 1 fully saturated rings. The van der Waals surface area contributed by atoms with Gasteiger partial charge in [-0.15, -0.1) is 0 Å². The maximum Gasteiger partial charge on any atom is 0.262 e. The molecular formula is C24H26ClN3O2S. The first-order chi connectivity index (χ1) is 14.9. The van der Waals surface area contributed by atoms with E-state index in [9.17, 15) is 9.59 Å². The number of nitrogens with zero attached hydrogens (tertiary/aromatic N) is 2. The lowest BCUT2D eigenvalue weighted by atomic mass is 9.95. The van der Waals surface area contributed by atoms with Crippen molar-refractivity contribution >= 4 is 45.9 Å². The molecule has 1 heterocycles. The summed E-state index contributed by atoms with van der Waals surface area (Å²) in [5, 5.41) is 4.68. The molecular weight excluding hydrogens is 430 g/mol. The van der Waals surface area contributed by atoms with E-state index in [1.54, 1.807) is 0 Å². The third-order valence-corrected chi connectivity index (χ3v) is 6.99. The molecule has 7 heteroatoms. The van der Waals surface area contributed by atoms with Crippen LogP contribution in [0.5, 0.6) is 0 Å². The Morgan fingerprint density at radius 2 is 1.94 bits per heavy atom. The molecule has 0 bridgehead atoms. The summed E-state index contributed by atoms with van der Waals surface area (Å²) in [7, 11) is 0. The second-order valence-electron chi connectivity index (χ2n) is 8.15. The zero-order valence-corrected chi connectivity index (χ0v) is 19.4. The molecule has 0 atom stereocenters. The molecule has 1 aliphatic rings. The van der Waals surface area contributed by atoms with Crippen LogP contribution in [0.25, 0.3) is 10.9 Å². The number of nitrogens with one attached hydrogen (secondary N) is 1. The van der Waals surface area contributed by atoms with Crippen molar-refractivity contribution in [2.45, 2.75) is 57.1 Å². The van der Waals surface area contributed by atoms with Gasteiger partial charge >= 0.3 is 0 Å². The number of anilines is 1. The highest BCUT2D eigenvalue weighted by molar-refractivity contribution is 7.99. The molecule has 2 aromatic carbocycles. The Labute approximate surface area is 191 Å². The van der Waals surface area contributed by atoms with E-state index in [2.05, 4.69) is 5.32 Å². The van der Waals surface area contributed by atoms with Crippen molar-refractivity contribution in [1.29, 1.82) is 0 Å². The van der Waals surface area contributed by atoms with E-state index in [4.69, 9.17) is 16.6 Å². The Balaban J connectivity index is 1.60. The van der Waals surface area contributed by atoms with Crippen molar-refractivity contribution in [3.63, 3.8) is 0 Å². The zero-order chi connectivity index (χ0) is 22.0. The van der Waals surface area contributed by atoms with Crippen molar-refractivity contribution in [3.8, 4) is 0 Å². The Morgan fingerprint density at radius 1 is 1.19 bits per heavy atom. The molecule has 0 spiro atoms. The number of benzene rings is 2. The van der Waals surface area contributed by atoms with Crippen molar-refractivity contribution in [3.05, 3.63) is 62.9 Å². The first-order valence-electron chi connectivity index (χ1n) is 10.6. The predicted octanol–water partition coefficient (Wildman–Crippen LogP) is 5.90. The number of carbonyl (C=O) groups is 1. The minimum absolute atomic E-state index is 0.0159. The molecule has 5 nitrogen and oxygen atoms in total. The van der Waals surface area contributed by atoms with Crippen LogP contribution in [0.15, 0.2) is 46.3 Å². The molecule has 0 radical (unpaired) electrons. The summed E-state index contributed by atoms with van der Waals surface area (Å²) < 4.78 is 1.82. The van der Waals surface area contributed by atoms with Gasteiger partial charge < -0.3 is 5.32 Å². The first-order valence-corrected chi connectivity index (χ1v) is 12.0. The molecule has 0 saturated heterocycles. The number of fused-ring (bicyclic) bond motifs is 1. The lowest BCUT2D eigenvalue weighted by molar-refractivity contribution is -0.113.